The SMILES string of the molecule is COCCc1nc2c[n+]([O-])c3cc(OCc4ccccc4)ccc3c2n1CCCCOC(=O)NC(C)(C)C. The van der Waals surface area contributed by atoms with Crippen molar-refractivity contribution < 1.29 is 23.7 Å². The molecule has 0 aliphatic carbocycles. The number of nitrogens with one attached hydrogen (secondary N) is 1. The number of ether oxygens (including phenoxy) is 3. The zero-order valence-corrected chi connectivity index (χ0v) is 22.5. The molecule has 0 atom stereocenters. The van der Waals surface area contributed by atoms with Gasteiger partial charge in [-0.05, 0) is 51.3 Å². The minimum Gasteiger partial charge on any atom is -0.618 e. The first kappa shape index (κ1) is 27.2. The monoisotopic (exact) mass is 520 g/mol. The summed E-state index contributed by atoms with van der Waals surface area (Å²) in [5.74, 6) is 1.48. The summed E-state index contributed by atoms with van der Waals surface area (Å²) >= 11 is 0. The molecule has 0 unspecified atom stereocenters. The summed E-state index contributed by atoms with van der Waals surface area (Å²) in [6.07, 6.45) is 3.20. The molecule has 0 spiro atoms. The molecule has 0 radical (unpaired) electrons. The highest BCUT2D eigenvalue weighted by atomic mass is 16.5. The number of amides is 1. The highest BCUT2D eigenvalue weighted by Crippen LogP contribution is 2.28. The number of hydrogen-bond donors (Lipinski definition) is 1. The van der Waals surface area contributed by atoms with Crippen molar-refractivity contribution in [3.8, 4) is 5.75 Å². The Morgan fingerprint density at radius 3 is 2.63 bits per heavy atom. The number of nitrogens with zero attached hydrogens (tertiary/aromatic N) is 3. The number of carbonyl (C=O) groups excluding carboxylic acids is 1. The zero-order chi connectivity index (χ0) is 27.1. The second kappa shape index (κ2) is 12.1. The third-order valence-corrected chi connectivity index (χ3v) is 6.04. The lowest BCUT2D eigenvalue weighted by Gasteiger charge is -2.19. The Labute approximate surface area is 222 Å². The van der Waals surface area contributed by atoms with Crippen LogP contribution >= 0.6 is 0 Å². The number of hydrogen-bond acceptors (Lipinski definition) is 6. The van der Waals surface area contributed by atoms with E-state index in [0.29, 0.717) is 56.0 Å². The Kier molecular flexibility index (Phi) is 8.68. The van der Waals surface area contributed by atoms with Gasteiger partial charge in [-0.3, -0.25) is 0 Å². The summed E-state index contributed by atoms with van der Waals surface area (Å²) in [6.45, 7) is 7.67. The van der Waals surface area contributed by atoms with E-state index in [1.807, 2.05) is 63.2 Å². The smallest absolute Gasteiger partial charge is 0.407 e. The average molecular weight is 521 g/mol. The van der Waals surface area contributed by atoms with E-state index in [1.165, 1.54) is 6.20 Å². The Bertz CT molecular complexity index is 1380. The molecule has 2 aromatic carbocycles. The molecule has 2 heterocycles. The summed E-state index contributed by atoms with van der Waals surface area (Å²) < 4.78 is 19.6. The largest absolute Gasteiger partial charge is 0.618 e. The molecule has 0 saturated carbocycles. The summed E-state index contributed by atoms with van der Waals surface area (Å²) in [6, 6.07) is 15.5. The third-order valence-electron chi connectivity index (χ3n) is 6.04. The van der Waals surface area contributed by atoms with E-state index in [-0.39, 0.29) is 5.54 Å². The topological polar surface area (TPSA) is 102 Å². The molecule has 9 heteroatoms. The van der Waals surface area contributed by atoms with Crippen molar-refractivity contribution in [3.05, 3.63) is 71.3 Å². The van der Waals surface area contributed by atoms with Gasteiger partial charge in [-0.2, -0.15) is 4.73 Å². The summed E-state index contributed by atoms with van der Waals surface area (Å²) in [7, 11) is 1.66. The van der Waals surface area contributed by atoms with E-state index in [9.17, 15) is 10.0 Å². The molecule has 1 amide bonds. The van der Waals surface area contributed by atoms with Crippen molar-refractivity contribution in [2.75, 3.05) is 20.3 Å². The predicted octanol–water partition coefficient (Wildman–Crippen LogP) is 4.90. The van der Waals surface area contributed by atoms with E-state index in [0.717, 1.165) is 33.4 Å². The Hall–Kier alpha value is -3.85. The molecule has 38 heavy (non-hydrogen) atoms. The summed E-state index contributed by atoms with van der Waals surface area (Å²) in [5.41, 5.74) is 2.77. The predicted molar refractivity (Wildman–Crippen MR) is 146 cm³/mol. The number of aryl methyl sites for hydroxylation is 1. The van der Waals surface area contributed by atoms with Gasteiger partial charge in [0.2, 0.25) is 11.7 Å². The van der Waals surface area contributed by atoms with Crippen LogP contribution in [0.2, 0.25) is 0 Å². The number of imidazole rings is 1. The van der Waals surface area contributed by atoms with Crippen LogP contribution in [-0.4, -0.2) is 41.5 Å². The molecule has 4 rings (SSSR count). The highest BCUT2D eigenvalue weighted by Gasteiger charge is 2.20. The minimum absolute atomic E-state index is 0.325. The summed E-state index contributed by atoms with van der Waals surface area (Å²) in [4.78, 5) is 16.7. The van der Waals surface area contributed by atoms with Gasteiger partial charge in [-0.1, -0.05) is 30.3 Å². The van der Waals surface area contributed by atoms with E-state index >= 15 is 0 Å². The molecule has 0 bridgehead atoms. The number of carbonyl (C=O) groups is 1. The average Bonchev–Trinajstić information content (AvgIpc) is 3.22. The number of methoxy groups -OCH3 is 1. The molecule has 2 aromatic heterocycles. The second-order valence-electron chi connectivity index (χ2n) is 10.3. The maximum atomic E-state index is 12.9. The molecular weight excluding hydrogens is 484 g/mol. The number of aromatic nitrogens is 3. The van der Waals surface area contributed by atoms with Crippen LogP contribution in [0.3, 0.4) is 0 Å². The van der Waals surface area contributed by atoms with Crippen molar-refractivity contribution in [1.29, 1.82) is 0 Å². The van der Waals surface area contributed by atoms with Gasteiger partial charge in [0.1, 0.15) is 18.2 Å². The lowest BCUT2D eigenvalue weighted by Crippen LogP contribution is -2.41. The summed E-state index contributed by atoms with van der Waals surface area (Å²) in [5, 5.41) is 16.6. The number of fused-ring (bicyclic) bond motifs is 3. The maximum absolute atomic E-state index is 12.9. The third kappa shape index (κ3) is 6.92. The molecule has 0 saturated heterocycles. The van der Waals surface area contributed by atoms with E-state index in [2.05, 4.69) is 9.88 Å². The van der Waals surface area contributed by atoms with Crippen molar-refractivity contribution in [2.45, 2.75) is 58.7 Å². The Morgan fingerprint density at radius 1 is 1.11 bits per heavy atom. The van der Waals surface area contributed by atoms with Gasteiger partial charge in [0.05, 0.1) is 30.2 Å². The minimum atomic E-state index is -0.414. The highest BCUT2D eigenvalue weighted by molar-refractivity contribution is 6.01. The van der Waals surface area contributed by atoms with Gasteiger partial charge in [-0.15, -0.1) is 0 Å². The van der Waals surface area contributed by atoms with Crippen molar-refractivity contribution in [3.63, 3.8) is 0 Å². The Morgan fingerprint density at radius 2 is 1.89 bits per heavy atom. The quantitative estimate of drug-likeness (QED) is 0.172. The number of benzene rings is 2. The van der Waals surface area contributed by atoms with E-state index in [4.69, 9.17) is 19.2 Å². The molecule has 202 valence electrons. The molecule has 0 aliphatic heterocycles. The number of alkyl carbamates (subject to hydrolysis) is 1. The van der Waals surface area contributed by atoms with Crippen molar-refractivity contribution >= 4 is 28.0 Å². The zero-order valence-electron chi connectivity index (χ0n) is 22.5. The molecule has 4 aromatic rings. The maximum Gasteiger partial charge on any atom is 0.407 e. The Balaban J connectivity index is 1.54. The van der Waals surface area contributed by atoms with Crippen LogP contribution in [0.25, 0.3) is 21.9 Å². The second-order valence-corrected chi connectivity index (χ2v) is 10.3. The van der Waals surface area contributed by atoms with Gasteiger partial charge < -0.3 is 29.3 Å². The van der Waals surface area contributed by atoms with E-state index < -0.39 is 6.09 Å². The first-order chi connectivity index (χ1) is 18.2. The standard InChI is InChI=1S/C29H36N4O5/c1-29(2,3)31-28(34)37-16-9-8-15-32-26(14-17-36-4)30-24-19-33(35)25-18-22(12-13-23(25)27(24)32)38-20-21-10-6-5-7-11-21/h5-7,10-13,18-19H,8-9,14-17,20H2,1-4H3,(H,31,34). The fourth-order valence-corrected chi connectivity index (χ4v) is 4.30. The van der Waals surface area contributed by atoms with Crippen molar-refractivity contribution in [1.82, 2.24) is 14.9 Å². The lowest BCUT2D eigenvalue weighted by atomic mass is 10.1. The first-order valence-corrected chi connectivity index (χ1v) is 12.9. The van der Waals surface area contributed by atoms with E-state index in [1.54, 1.807) is 13.2 Å². The normalized spacial score (nSPS) is 11.7. The molecule has 0 fully saturated rings. The van der Waals surface area contributed by atoms with Crippen LogP contribution in [0.5, 0.6) is 5.75 Å². The fourth-order valence-electron chi connectivity index (χ4n) is 4.30. The molecule has 0 aliphatic rings. The van der Waals surface area contributed by atoms with Crippen LogP contribution in [0.4, 0.5) is 4.79 Å². The van der Waals surface area contributed by atoms with Crippen LogP contribution in [-0.2, 0) is 29.0 Å². The van der Waals surface area contributed by atoms with Gasteiger partial charge in [0.15, 0.2) is 5.52 Å². The first-order valence-electron chi connectivity index (χ1n) is 12.9. The molecular formula is C29H36N4O5. The number of unbranched alkanes of at least 4 members (excludes halogenated alkanes) is 1. The molecule has 9 nitrogen and oxygen atoms in total. The van der Waals surface area contributed by atoms with Crippen LogP contribution < -0.4 is 14.8 Å². The number of rotatable bonds is 11. The van der Waals surface area contributed by atoms with Crippen molar-refractivity contribution in [2.24, 2.45) is 0 Å². The van der Waals surface area contributed by atoms with Gasteiger partial charge >= 0.3 is 6.09 Å². The fraction of sp³-hybridized carbons (Fsp3) is 0.414. The molecule has 1 N–H and O–H groups in total. The van der Waals surface area contributed by atoms with Gasteiger partial charge in [-0.25, -0.2) is 9.78 Å². The van der Waals surface area contributed by atoms with Gasteiger partial charge in [0, 0.05) is 25.6 Å². The van der Waals surface area contributed by atoms with Gasteiger partial charge in [0.25, 0.3) is 0 Å². The van der Waals surface area contributed by atoms with Crippen LogP contribution in [0.15, 0.2) is 54.7 Å². The lowest BCUT2D eigenvalue weighted by molar-refractivity contribution is -0.575. The van der Waals surface area contributed by atoms with Crippen LogP contribution in [0.1, 0.15) is 45.0 Å². The van der Waals surface area contributed by atoms with Crippen LogP contribution in [0, 0.1) is 5.21 Å². The number of pyridine rings is 1.